The number of amides is 1. The quantitative estimate of drug-likeness (QED) is 0.174. The molecule has 3 aromatic heterocycles. The Morgan fingerprint density at radius 3 is 2.41 bits per heavy atom. The molecule has 0 aliphatic carbocycles. The summed E-state index contributed by atoms with van der Waals surface area (Å²) < 4.78 is 64.3. The van der Waals surface area contributed by atoms with Crippen LogP contribution in [0.1, 0.15) is 17.3 Å². The summed E-state index contributed by atoms with van der Waals surface area (Å²) in [6.45, 7) is 1.53. The van der Waals surface area contributed by atoms with Crippen LogP contribution in [0.3, 0.4) is 0 Å². The minimum Gasteiger partial charge on any atom is -1.00 e. The number of carbonyl (C=O) groups excluding carboxylic acids is 1. The van der Waals surface area contributed by atoms with Gasteiger partial charge in [-0.3, -0.25) is 9.52 Å². The van der Waals surface area contributed by atoms with Gasteiger partial charge in [-0.05, 0) is 61.0 Å². The second-order valence-corrected chi connectivity index (χ2v) is 12.1. The lowest BCUT2D eigenvalue weighted by Crippen LogP contribution is -3.00. The highest BCUT2D eigenvalue weighted by Crippen LogP contribution is 2.40. The number of aryl methyl sites for hydroxylation is 1. The Bertz CT molecular complexity index is 2160. The van der Waals surface area contributed by atoms with Gasteiger partial charge in [0.05, 0.1) is 17.0 Å². The van der Waals surface area contributed by atoms with Gasteiger partial charge in [0.1, 0.15) is 35.7 Å². The van der Waals surface area contributed by atoms with Crippen LogP contribution in [0.15, 0.2) is 83.4 Å². The maximum absolute atomic E-state index is 14.5. The van der Waals surface area contributed by atoms with Gasteiger partial charge in [0.2, 0.25) is 15.7 Å². The molecule has 6 aromatic rings. The number of anilines is 1. The van der Waals surface area contributed by atoms with Gasteiger partial charge >= 0.3 is 0 Å². The molecule has 0 unspecified atom stereocenters. The lowest BCUT2D eigenvalue weighted by atomic mass is 9.98. The number of H-pyrrole nitrogens is 1. The predicted octanol–water partition coefficient (Wildman–Crippen LogP) is 3.14. The molecular formula is C32H27F2IN4O4S. The topological polar surface area (TPSA) is 108 Å². The molecule has 0 saturated heterocycles. The van der Waals surface area contributed by atoms with Crippen LogP contribution >= 0.6 is 0 Å². The van der Waals surface area contributed by atoms with E-state index in [1.165, 1.54) is 44.3 Å². The van der Waals surface area contributed by atoms with E-state index in [1.54, 1.807) is 30.3 Å². The van der Waals surface area contributed by atoms with Crippen LogP contribution in [0.2, 0.25) is 0 Å². The van der Waals surface area contributed by atoms with E-state index in [9.17, 15) is 22.0 Å². The number of halogens is 3. The number of hydrogen-bond acceptors (Lipinski definition) is 4. The van der Waals surface area contributed by atoms with Crippen molar-refractivity contribution < 1.29 is 55.0 Å². The van der Waals surface area contributed by atoms with Crippen molar-refractivity contribution in [2.75, 3.05) is 17.5 Å². The molecule has 12 heteroatoms. The van der Waals surface area contributed by atoms with Crippen molar-refractivity contribution in [1.29, 1.82) is 0 Å². The standard InChI is InChI=1S/C32H26F2N4O4S.HI/c1-4-43(40,41)37-26-17-29-23(30(32(39)35-2)31(42-29)18-8-10-20(33)11-9-18)15-21(26)19-12-13-38(3)28(14-19)27-16-22-24(34)6-5-7-25(22)36-27;/h5-17H,4H2,1-3H3,(H2,35,36,37,39);1H. The largest absolute Gasteiger partial charge is 1.00 e. The molecule has 0 aliphatic rings. The molecule has 1 amide bonds. The Hall–Kier alpha value is -4.30. The van der Waals surface area contributed by atoms with Crippen molar-refractivity contribution in [1.82, 2.24) is 10.3 Å². The molecule has 8 nitrogen and oxygen atoms in total. The average Bonchev–Trinajstić information content (AvgIpc) is 3.59. The van der Waals surface area contributed by atoms with Crippen molar-refractivity contribution in [3.8, 4) is 33.8 Å². The fourth-order valence-corrected chi connectivity index (χ4v) is 5.77. The van der Waals surface area contributed by atoms with E-state index in [1.807, 2.05) is 29.9 Å². The van der Waals surface area contributed by atoms with Crippen LogP contribution in [0, 0.1) is 11.6 Å². The third-order valence-electron chi connectivity index (χ3n) is 7.38. The third-order valence-corrected chi connectivity index (χ3v) is 8.67. The molecule has 0 radical (unpaired) electrons. The molecule has 0 spiro atoms. The van der Waals surface area contributed by atoms with Crippen molar-refractivity contribution in [3.05, 3.63) is 96.2 Å². The zero-order valence-electron chi connectivity index (χ0n) is 23.8. The molecule has 3 aromatic carbocycles. The smallest absolute Gasteiger partial charge is 0.255 e. The molecule has 3 N–H and O–H groups in total. The van der Waals surface area contributed by atoms with Gasteiger partial charge in [-0.2, -0.15) is 4.57 Å². The molecule has 0 saturated carbocycles. The van der Waals surface area contributed by atoms with E-state index >= 15 is 0 Å². The fourth-order valence-electron chi connectivity index (χ4n) is 5.12. The van der Waals surface area contributed by atoms with Crippen molar-refractivity contribution >= 4 is 43.5 Å². The van der Waals surface area contributed by atoms with E-state index in [2.05, 4.69) is 15.0 Å². The molecular weight excluding hydrogens is 701 g/mol. The van der Waals surface area contributed by atoms with E-state index in [-0.39, 0.29) is 58.1 Å². The van der Waals surface area contributed by atoms with Crippen LogP contribution in [-0.2, 0) is 17.1 Å². The van der Waals surface area contributed by atoms with E-state index in [0.717, 1.165) is 0 Å². The molecule has 0 fully saturated rings. The number of rotatable bonds is 7. The number of furan rings is 1. The maximum Gasteiger partial charge on any atom is 0.255 e. The number of pyridine rings is 1. The van der Waals surface area contributed by atoms with Crippen LogP contribution < -0.4 is 38.6 Å². The van der Waals surface area contributed by atoms with Crippen molar-refractivity contribution in [3.63, 3.8) is 0 Å². The Morgan fingerprint density at radius 1 is 0.977 bits per heavy atom. The predicted molar refractivity (Wildman–Crippen MR) is 162 cm³/mol. The number of fused-ring (bicyclic) bond motifs is 2. The highest BCUT2D eigenvalue weighted by Gasteiger charge is 2.25. The van der Waals surface area contributed by atoms with Crippen LogP contribution in [0.25, 0.3) is 55.7 Å². The van der Waals surface area contributed by atoms with Crippen LogP contribution in [0.4, 0.5) is 14.5 Å². The Balaban J connectivity index is 0.00000384. The zero-order valence-corrected chi connectivity index (χ0v) is 26.8. The second kappa shape index (κ2) is 12.0. The van der Waals surface area contributed by atoms with Gasteiger partial charge in [-0.25, -0.2) is 17.2 Å². The van der Waals surface area contributed by atoms with Crippen molar-refractivity contribution in [2.45, 2.75) is 6.92 Å². The van der Waals surface area contributed by atoms with E-state index in [4.69, 9.17) is 4.42 Å². The Kier molecular flexibility index (Phi) is 8.49. The van der Waals surface area contributed by atoms with Gasteiger partial charge in [-0.1, -0.05) is 6.07 Å². The maximum atomic E-state index is 14.5. The van der Waals surface area contributed by atoms with Gasteiger partial charge in [-0.15, -0.1) is 0 Å². The van der Waals surface area contributed by atoms with Gasteiger partial charge in [0.25, 0.3) is 5.91 Å². The third kappa shape index (κ3) is 5.66. The number of nitrogens with one attached hydrogen (secondary N) is 3. The minimum atomic E-state index is -3.71. The molecule has 3 heterocycles. The average molecular weight is 729 g/mol. The van der Waals surface area contributed by atoms with Crippen LogP contribution in [-0.4, -0.2) is 32.1 Å². The molecule has 226 valence electrons. The number of aromatic nitrogens is 2. The lowest BCUT2D eigenvalue weighted by molar-refractivity contribution is -0.660. The first kappa shape index (κ1) is 31.1. The van der Waals surface area contributed by atoms with Crippen molar-refractivity contribution in [2.24, 2.45) is 7.05 Å². The van der Waals surface area contributed by atoms with E-state index in [0.29, 0.717) is 44.4 Å². The van der Waals surface area contributed by atoms with Gasteiger partial charge in [0.15, 0.2) is 6.20 Å². The minimum absolute atomic E-state index is 0. The first-order chi connectivity index (χ1) is 20.6. The fraction of sp³-hybridized carbons (Fsp3) is 0.125. The monoisotopic (exact) mass is 728 g/mol. The van der Waals surface area contributed by atoms with Gasteiger partial charge in [0, 0.05) is 52.7 Å². The molecule has 0 bridgehead atoms. The molecule has 0 aliphatic heterocycles. The summed E-state index contributed by atoms with van der Waals surface area (Å²) in [5.74, 6) is -1.16. The number of benzene rings is 3. The normalized spacial score (nSPS) is 11.5. The summed E-state index contributed by atoms with van der Waals surface area (Å²) in [7, 11) is -0.371. The van der Waals surface area contributed by atoms with Crippen LogP contribution in [0.5, 0.6) is 0 Å². The Labute approximate surface area is 269 Å². The summed E-state index contributed by atoms with van der Waals surface area (Å²) in [4.78, 5) is 16.4. The zero-order chi connectivity index (χ0) is 30.5. The second-order valence-electron chi connectivity index (χ2n) is 10.1. The number of sulfonamides is 1. The summed E-state index contributed by atoms with van der Waals surface area (Å²) in [6, 6.07) is 19.0. The summed E-state index contributed by atoms with van der Waals surface area (Å²) >= 11 is 0. The first-order valence-electron chi connectivity index (χ1n) is 13.4. The molecule has 0 atom stereocenters. The SMILES string of the molecule is CCS(=O)(=O)Nc1cc2oc(-c3ccc(F)cc3)c(C(=O)NC)c2cc1-c1cc[n+](C)c(-c2cc3c(F)cccc3[nH]2)c1.[I-]. The molecule has 6 rings (SSSR count). The van der Waals surface area contributed by atoms with Gasteiger partial charge < -0.3 is 38.7 Å². The Morgan fingerprint density at radius 2 is 1.73 bits per heavy atom. The highest BCUT2D eigenvalue weighted by molar-refractivity contribution is 7.92. The number of aromatic amines is 1. The summed E-state index contributed by atoms with van der Waals surface area (Å²) in [5, 5.41) is 3.52. The molecule has 44 heavy (non-hydrogen) atoms. The van der Waals surface area contributed by atoms with E-state index < -0.39 is 21.7 Å². The highest BCUT2D eigenvalue weighted by atomic mass is 127. The number of nitrogens with zero attached hydrogens (tertiary/aromatic N) is 1. The number of carbonyl (C=O) groups is 1. The summed E-state index contributed by atoms with van der Waals surface area (Å²) in [5.41, 5.74) is 4.36. The lowest BCUT2D eigenvalue weighted by Gasteiger charge is -2.13. The number of hydrogen-bond donors (Lipinski definition) is 3. The summed E-state index contributed by atoms with van der Waals surface area (Å²) in [6.07, 6.45) is 1.81. The first-order valence-corrected chi connectivity index (χ1v) is 15.1.